The van der Waals surface area contributed by atoms with Gasteiger partial charge in [0.15, 0.2) is 0 Å². The Morgan fingerprint density at radius 3 is 2.39 bits per heavy atom. The molecule has 0 aliphatic heterocycles. The average molecular weight is 315 g/mol. The normalized spacial score (nSPS) is 10.4. The molecule has 1 aromatic carbocycles. The summed E-state index contributed by atoms with van der Waals surface area (Å²) in [7, 11) is 0. The zero-order chi connectivity index (χ0) is 17.1. The molecule has 1 heterocycles. The summed E-state index contributed by atoms with van der Waals surface area (Å²) in [4.78, 5) is 34.0. The van der Waals surface area contributed by atoms with Crippen LogP contribution < -0.4 is 10.9 Å². The lowest BCUT2D eigenvalue weighted by molar-refractivity contribution is -0.385. The van der Waals surface area contributed by atoms with E-state index in [1.54, 1.807) is 0 Å². The number of carbonyl (C=O) groups excluding carboxylic acids is 1. The largest absolute Gasteiger partial charge is 0.324 e. The average Bonchev–Trinajstić information content (AvgIpc) is 2.45. The molecule has 2 rings (SSSR count). The molecule has 7 heteroatoms. The van der Waals surface area contributed by atoms with Gasteiger partial charge in [0.2, 0.25) is 5.91 Å². The number of amides is 1. The van der Waals surface area contributed by atoms with E-state index in [1.165, 1.54) is 0 Å². The Morgan fingerprint density at radius 1 is 1.22 bits per heavy atom. The van der Waals surface area contributed by atoms with Crippen LogP contribution in [0.3, 0.4) is 0 Å². The van der Waals surface area contributed by atoms with Crippen molar-refractivity contribution >= 4 is 17.3 Å². The van der Waals surface area contributed by atoms with Crippen molar-refractivity contribution in [1.29, 1.82) is 0 Å². The van der Waals surface area contributed by atoms with Crippen LogP contribution in [0.1, 0.15) is 16.7 Å². The lowest BCUT2D eigenvalue weighted by Crippen LogP contribution is -2.27. The second kappa shape index (κ2) is 6.43. The fraction of sp³-hybridized carbons (Fsp3) is 0.250. The molecule has 0 bridgehead atoms. The fourth-order valence-electron chi connectivity index (χ4n) is 2.46. The van der Waals surface area contributed by atoms with Crippen LogP contribution in [0.2, 0.25) is 0 Å². The quantitative estimate of drug-likeness (QED) is 0.692. The van der Waals surface area contributed by atoms with Gasteiger partial charge in [-0.3, -0.25) is 24.3 Å². The third kappa shape index (κ3) is 3.82. The SMILES string of the molecule is Cc1cc(C)c(NC(=O)Cn2cc([N+](=O)[O-])ccc2=O)c(C)c1. The topological polar surface area (TPSA) is 94.2 Å². The highest BCUT2D eigenvalue weighted by Crippen LogP contribution is 2.21. The Hall–Kier alpha value is -2.96. The Bertz CT molecular complexity index is 816. The zero-order valence-corrected chi connectivity index (χ0v) is 13.1. The molecule has 0 radical (unpaired) electrons. The van der Waals surface area contributed by atoms with Crippen LogP contribution in [0.25, 0.3) is 0 Å². The molecular weight excluding hydrogens is 298 g/mol. The van der Waals surface area contributed by atoms with Crippen LogP contribution in [-0.4, -0.2) is 15.4 Å². The number of pyridine rings is 1. The number of hydrogen-bond donors (Lipinski definition) is 1. The molecule has 1 N–H and O–H groups in total. The monoisotopic (exact) mass is 315 g/mol. The van der Waals surface area contributed by atoms with Crippen molar-refractivity contribution < 1.29 is 9.72 Å². The highest BCUT2D eigenvalue weighted by atomic mass is 16.6. The van der Waals surface area contributed by atoms with E-state index in [0.29, 0.717) is 5.69 Å². The molecule has 120 valence electrons. The minimum absolute atomic E-state index is 0.236. The highest BCUT2D eigenvalue weighted by Gasteiger charge is 2.12. The number of anilines is 1. The van der Waals surface area contributed by atoms with Gasteiger partial charge < -0.3 is 5.32 Å². The van der Waals surface area contributed by atoms with Gasteiger partial charge in [-0.15, -0.1) is 0 Å². The summed E-state index contributed by atoms with van der Waals surface area (Å²) in [6.07, 6.45) is 1.07. The molecule has 2 aromatic rings. The van der Waals surface area contributed by atoms with E-state index in [4.69, 9.17) is 0 Å². The molecule has 0 saturated heterocycles. The molecule has 0 saturated carbocycles. The summed E-state index contributed by atoms with van der Waals surface area (Å²) < 4.78 is 1.02. The first-order chi connectivity index (χ1) is 10.8. The molecule has 1 aromatic heterocycles. The minimum atomic E-state index is -0.609. The van der Waals surface area contributed by atoms with Crippen molar-refractivity contribution in [3.05, 3.63) is 67.6 Å². The van der Waals surface area contributed by atoms with Gasteiger partial charge in [-0.2, -0.15) is 0 Å². The van der Waals surface area contributed by atoms with Gasteiger partial charge in [0.25, 0.3) is 11.2 Å². The predicted molar refractivity (Wildman–Crippen MR) is 86.6 cm³/mol. The number of nitrogens with zero attached hydrogens (tertiary/aromatic N) is 2. The van der Waals surface area contributed by atoms with Crippen LogP contribution in [0.4, 0.5) is 11.4 Å². The summed E-state index contributed by atoms with van der Waals surface area (Å²) >= 11 is 0. The van der Waals surface area contributed by atoms with E-state index in [-0.39, 0.29) is 12.2 Å². The van der Waals surface area contributed by atoms with Crippen molar-refractivity contribution in [3.8, 4) is 0 Å². The van der Waals surface area contributed by atoms with Gasteiger partial charge in [0.05, 0.1) is 11.1 Å². The summed E-state index contributed by atoms with van der Waals surface area (Å²) in [5.74, 6) is -0.414. The highest BCUT2D eigenvalue weighted by molar-refractivity contribution is 5.92. The molecule has 0 atom stereocenters. The number of carbonyl (C=O) groups is 1. The Balaban J connectivity index is 2.22. The zero-order valence-electron chi connectivity index (χ0n) is 13.1. The Morgan fingerprint density at radius 2 is 1.83 bits per heavy atom. The van der Waals surface area contributed by atoms with Crippen molar-refractivity contribution in [3.63, 3.8) is 0 Å². The van der Waals surface area contributed by atoms with E-state index in [1.807, 2.05) is 32.9 Å². The number of benzene rings is 1. The lowest BCUT2D eigenvalue weighted by atomic mass is 10.1. The minimum Gasteiger partial charge on any atom is -0.324 e. The molecule has 0 spiro atoms. The van der Waals surface area contributed by atoms with Gasteiger partial charge in [0, 0.05) is 17.8 Å². The predicted octanol–water partition coefficient (Wildman–Crippen LogP) is 2.32. The maximum Gasteiger partial charge on any atom is 0.285 e. The van der Waals surface area contributed by atoms with Gasteiger partial charge >= 0.3 is 0 Å². The number of rotatable bonds is 4. The second-order valence-electron chi connectivity index (χ2n) is 5.43. The molecular formula is C16H17N3O4. The third-order valence-corrected chi connectivity index (χ3v) is 3.43. The van der Waals surface area contributed by atoms with E-state index in [9.17, 15) is 19.7 Å². The van der Waals surface area contributed by atoms with Crippen molar-refractivity contribution in [2.75, 3.05) is 5.32 Å². The maximum atomic E-state index is 12.2. The van der Waals surface area contributed by atoms with Crippen molar-refractivity contribution in [2.45, 2.75) is 27.3 Å². The number of hydrogen-bond acceptors (Lipinski definition) is 4. The molecule has 0 aliphatic rings. The molecule has 23 heavy (non-hydrogen) atoms. The summed E-state index contributed by atoms with van der Waals surface area (Å²) in [6, 6.07) is 6.09. The Kier molecular flexibility index (Phi) is 4.59. The van der Waals surface area contributed by atoms with Crippen LogP contribution >= 0.6 is 0 Å². The van der Waals surface area contributed by atoms with Crippen LogP contribution in [0.5, 0.6) is 0 Å². The van der Waals surface area contributed by atoms with Gasteiger partial charge in [-0.05, 0) is 31.9 Å². The van der Waals surface area contributed by atoms with E-state index in [0.717, 1.165) is 39.6 Å². The van der Waals surface area contributed by atoms with Gasteiger partial charge in [0.1, 0.15) is 6.54 Å². The fourth-order valence-corrected chi connectivity index (χ4v) is 2.46. The smallest absolute Gasteiger partial charge is 0.285 e. The third-order valence-electron chi connectivity index (χ3n) is 3.43. The summed E-state index contributed by atoms with van der Waals surface area (Å²) in [6.45, 7) is 5.45. The van der Waals surface area contributed by atoms with E-state index >= 15 is 0 Å². The second-order valence-corrected chi connectivity index (χ2v) is 5.43. The first-order valence-corrected chi connectivity index (χ1v) is 7.00. The molecule has 0 aliphatic carbocycles. The van der Waals surface area contributed by atoms with E-state index in [2.05, 4.69) is 5.32 Å². The standard InChI is InChI=1S/C16H17N3O4/c1-10-6-11(2)16(12(3)7-10)17-14(20)9-18-8-13(19(22)23)4-5-15(18)21/h4-8H,9H2,1-3H3,(H,17,20). The van der Waals surface area contributed by atoms with Crippen LogP contribution in [-0.2, 0) is 11.3 Å². The first kappa shape index (κ1) is 16.4. The lowest BCUT2D eigenvalue weighted by Gasteiger charge is -2.13. The van der Waals surface area contributed by atoms with Gasteiger partial charge in [-0.25, -0.2) is 0 Å². The number of aromatic nitrogens is 1. The van der Waals surface area contributed by atoms with E-state index < -0.39 is 16.4 Å². The molecule has 0 fully saturated rings. The van der Waals surface area contributed by atoms with Crippen molar-refractivity contribution in [2.24, 2.45) is 0 Å². The summed E-state index contributed by atoms with van der Waals surface area (Å²) in [5.41, 5.74) is 2.92. The molecule has 1 amide bonds. The first-order valence-electron chi connectivity index (χ1n) is 7.00. The van der Waals surface area contributed by atoms with Gasteiger partial charge in [-0.1, -0.05) is 17.7 Å². The molecule has 0 unspecified atom stereocenters. The Labute approximate surface area is 132 Å². The van der Waals surface area contributed by atoms with Crippen LogP contribution in [0.15, 0.2) is 35.3 Å². The van der Waals surface area contributed by atoms with Crippen molar-refractivity contribution in [1.82, 2.24) is 4.57 Å². The maximum absolute atomic E-state index is 12.2. The van der Waals surface area contributed by atoms with Crippen LogP contribution in [0, 0.1) is 30.9 Å². The summed E-state index contributed by atoms with van der Waals surface area (Å²) in [5, 5.41) is 13.5. The number of nitrogens with one attached hydrogen (secondary N) is 1. The molecule has 7 nitrogen and oxygen atoms in total. The number of nitro groups is 1. The number of aryl methyl sites for hydroxylation is 3.